The summed E-state index contributed by atoms with van der Waals surface area (Å²) in [5, 5.41) is 7.73. The predicted molar refractivity (Wildman–Crippen MR) is 130 cm³/mol. The number of hydrogen-bond acceptors (Lipinski definition) is 4. The molecule has 0 radical (unpaired) electrons. The Morgan fingerprint density at radius 1 is 1.07 bits per heavy atom. The normalized spacial score (nSPS) is 10.9. The van der Waals surface area contributed by atoms with Crippen molar-refractivity contribution in [2.45, 2.75) is 20.4 Å². The molecule has 0 unspecified atom stereocenters. The highest BCUT2D eigenvalue weighted by Crippen LogP contribution is 2.30. The van der Waals surface area contributed by atoms with Crippen LogP contribution in [0.15, 0.2) is 59.7 Å². The van der Waals surface area contributed by atoms with E-state index in [1.807, 2.05) is 62.5 Å². The Morgan fingerprint density at radius 3 is 2.66 bits per heavy atom. The summed E-state index contributed by atoms with van der Waals surface area (Å²) in [6.45, 7) is 5.87. The van der Waals surface area contributed by atoms with Gasteiger partial charge >= 0.3 is 0 Å². The summed E-state index contributed by atoms with van der Waals surface area (Å²) in [6.07, 6.45) is 1.82. The number of rotatable bonds is 7. The van der Waals surface area contributed by atoms with Gasteiger partial charge in [-0.05, 0) is 43.7 Å². The molecule has 0 bridgehead atoms. The lowest BCUT2D eigenvalue weighted by atomic mass is 10.1. The number of ether oxygens (including phenoxy) is 2. The number of nitrogens with zero attached hydrogens (tertiary/aromatic N) is 2. The van der Waals surface area contributed by atoms with Crippen LogP contribution in [0.25, 0.3) is 10.9 Å². The first-order chi connectivity index (χ1) is 13.7. The molecule has 0 amide bonds. The number of hydrogen-bond donors (Lipinski definition) is 2. The molecule has 2 aromatic carbocycles. The summed E-state index contributed by atoms with van der Waals surface area (Å²) in [7, 11) is 1.63. The van der Waals surface area contributed by atoms with Crippen molar-refractivity contribution in [1.29, 1.82) is 0 Å². The third kappa shape index (κ3) is 5.96. The van der Waals surface area contributed by atoms with E-state index in [1.165, 1.54) is 0 Å². The summed E-state index contributed by atoms with van der Waals surface area (Å²) in [5.74, 6) is 2.11. The zero-order valence-corrected chi connectivity index (χ0v) is 19.3. The molecule has 0 aliphatic carbocycles. The fourth-order valence-electron chi connectivity index (χ4n) is 2.92. The summed E-state index contributed by atoms with van der Waals surface area (Å²) in [5.41, 5.74) is 2.99. The average molecular weight is 506 g/mol. The number of methoxy groups -OCH3 is 1. The Kier molecular flexibility index (Phi) is 8.98. The molecule has 7 heteroatoms. The van der Waals surface area contributed by atoms with Crippen molar-refractivity contribution in [3.63, 3.8) is 0 Å². The molecule has 0 atom stereocenters. The quantitative estimate of drug-likeness (QED) is 0.273. The van der Waals surface area contributed by atoms with Crippen molar-refractivity contribution in [2.75, 3.05) is 25.6 Å². The second-order valence-corrected chi connectivity index (χ2v) is 6.11. The monoisotopic (exact) mass is 506 g/mol. The Hall–Kier alpha value is -2.55. The van der Waals surface area contributed by atoms with Gasteiger partial charge in [-0.1, -0.05) is 18.2 Å². The van der Waals surface area contributed by atoms with E-state index in [1.54, 1.807) is 7.11 Å². The van der Waals surface area contributed by atoms with Crippen molar-refractivity contribution >= 4 is 46.5 Å². The fraction of sp³-hybridized carbons (Fsp3) is 0.273. The lowest BCUT2D eigenvalue weighted by Gasteiger charge is -2.14. The number of aromatic nitrogens is 1. The molecule has 1 heterocycles. The number of anilines is 1. The smallest absolute Gasteiger partial charge is 0.196 e. The number of aliphatic imine (C=N–C) groups is 1. The first-order valence-electron chi connectivity index (χ1n) is 9.44. The van der Waals surface area contributed by atoms with Crippen LogP contribution in [-0.4, -0.2) is 31.2 Å². The van der Waals surface area contributed by atoms with E-state index in [0.717, 1.165) is 28.7 Å². The van der Waals surface area contributed by atoms with Crippen LogP contribution in [0.1, 0.15) is 19.4 Å². The molecule has 2 N–H and O–H groups in total. The highest BCUT2D eigenvalue weighted by Gasteiger charge is 2.07. The Labute approximate surface area is 188 Å². The average Bonchev–Trinajstić information content (AvgIpc) is 2.72. The van der Waals surface area contributed by atoms with E-state index < -0.39 is 0 Å². The maximum absolute atomic E-state index is 5.66. The fourth-order valence-corrected chi connectivity index (χ4v) is 2.92. The van der Waals surface area contributed by atoms with Crippen LogP contribution in [0.5, 0.6) is 11.5 Å². The molecule has 0 saturated heterocycles. The number of fused-ring (bicyclic) bond motifs is 1. The number of benzene rings is 2. The molecule has 0 fully saturated rings. The molecule has 0 saturated carbocycles. The van der Waals surface area contributed by atoms with Crippen molar-refractivity contribution in [3.05, 3.63) is 60.3 Å². The lowest BCUT2D eigenvalue weighted by molar-refractivity contribution is 0.311. The summed E-state index contributed by atoms with van der Waals surface area (Å²) >= 11 is 0. The minimum absolute atomic E-state index is 0. The molecule has 0 aliphatic rings. The van der Waals surface area contributed by atoms with E-state index in [0.29, 0.717) is 30.6 Å². The number of halogens is 1. The Morgan fingerprint density at radius 2 is 1.90 bits per heavy atom. The van der Waals surface area contributed by atoms with Gasteiger partial charge in [0.2, 0.25) is 0 Å². The minimum Gasteiger partial charge on any atom is -0.493 e. The van der Waals surface area contributed by atoms with Gasteiger partial charge in [0.1, 0.15) is 0 Å². The summed E-state index contributed by atoms with van der Waals surface area (Å²) < 4.78 is 11.0. The SMILES string of the molecule is CCNC(=NCc1ccnc2ccccc12)Nc1ccc(OC)c(OCC)c1.I. The largest absolute Gasteiger partial charge is 0.493 e. The van der Waals surface area contributed by atoms with Crippen LogP contribution in [0.2, 0.25) is 0 Å². The third-order valence-corrected chi connectivity index (χ3v) is 4.22. The zero-order valence-electron chi connectivity index (χ0n) is 16.9. The van der Waals surface area contributed by atoms with Crippen LogP contribution < -0.4 is 20.1 Å². The minimum atomic E-state index is 0. The lowest BCUT2D eigenvalue weighted by Crippen LogP contribution is -2.30. The van der Waals surface area contributed by atoms with Crippen molar-refractivity contribution in [3.8, 4) is 11.5 Å². The van der Waals surface area contributed by atoms with E-state index in [2.05, 4.69) is 21.7 Å². The zero-order chi connectivity index (χ0) is 19.8. The van der Waals surface area contributed by atoms with E-state index >= 15 is 0 Å². The van der Waals surface area contributed by atoms with E-state index in [-0.39, 0.29) is 24.0 Å². The second kappa shape index (κ2) is 11.5. The molecular formula is C22H27IN4O2. The van der Waals surface area contributed by atoms with Gasteiger partial charge in [0.05, 0.1) is 25.8 Å². The third-order valence-electron chi connectivity index (χ3n) is 4.22. The van der Waals surface area contributed by atoms with Crippen LogP contribution in [0.4, 0.5) is 5.69 Å². The molecule has 3 rings (SSSR count). The number of para-hydroxylation sites is 1. The molecule has 3 aromatic rings. The molecule has 1 aromatic heterocycles. The van der Waals surface area contributed by atoms with Crippen molar-refractivity contribution < 1.29 is 9.47 Å². The highest BCUT2D eigenvalue weighted by molar-refractivity contribution is 14.0. The molecule has 29 heavy (non-hydrogen) atoms. The van der Waals surface area contributed by atoms with Gasteiger partial charge in [-0.25, -0.2) is 4.99 Å². The van der Waals surface area contributed by atoms with Gasteiger partial charge in [-0.15, -0.1) is 24.0 Å². The van der Waals surface area contributed by atoms with Crippen LogP contribution >= 0.6 is 24.0 Å². The van der Waals surface area contributed by atoms with Gasteiger partial charge in [-0.3, -0.25) is 4.98 Å². The number of guanidine groups is 1. The van der Waals surface area contributed by atoms with Crippen molar-refractivity contribution in [2.24, 2.45) is 4.99 Å². The highest BCUT2D eigenvalue weighted by atomic mass is 127. The second-order valence-electron chi connectivity index (χ2n) is 6.11. The van der Waals surface area contributed by atoms with Crippen LogP contribution in [0, 0.1) is 0 Å². The molecule has 0 aliphatic heterocycles. The molecule has 6 nitrogen and oxygen atoms in total. The standard InChI is InChI=1S/C22H26N4O2.HI/c1-4-23-22(26-17-10-11-20(27-3)21(14-17)28-5-2)25-15-16-12-13-24-19-9-7-6-8-18(16)19;/h6-14H,4-5,15H2,1-3H3,(H2,23,25,26);1H. The van der Waals surface area contributed by atoms with E-state index in [4.69, 9.17) is 14.5 Å². The maximum Gasteiger partial charge on any atom is 0.196 e. The van der Waals surface area contributed by atoms with Gasteiger partial charge in [0, 0.05) is 29.9 Å². The van der Waals surface area contributed by atoms with Gasteiger partial charge in [0.15, 0.2) is 17.5 Å². The Balaban J connectivity index is 0.00000300. The number of pyridine rings is 1. The van der Waals surface area contributed by atoms with Crippen LogP contribution in [-0.2, 0) is 6.54 Å². The van der Waals surface area contributed by atoms with Gasteiger partial charge in [-0.2, -0.15) is 0 Å². The van der Waals surface area contributed by atoms with Gasteiger partial charge < -0.3 is 20.1 Å². The van der Waals surface area contributed by atoms with Gasteiger partial charge in [0.25, 0.3) is 0 Å². The molecular weight excluding hydrogens is 479 g/mol. The topological polar surface area (TPSA) is 67.8 Å². The molecule has 154 valence electrons. The predicted octanol–water partition coefficient (Wildman–Crippen LogP) is 4.84. The first kappa shape index (κ1) is 22.7. The Bertz CT molecular complexity index is 957. The maximum atomic E-state index is 5.66. The first-order valence-corrected chi connectivity index (χ1v) is 9.44. The summed E-state index contributed by atoms with van der Waals surface area (Å²) in [6, 6.07) is 15.8. The van der Waals surface area contributed by atoms with Crippen LogP contribution in [0.3, 0.4) is 0 Å². The summed E-state index contributed by atoms with van der Waals surface area (Å²) in [4.78, 5) is 9.15. The van der Waals surface area contributed by atoms with Crippen molar-refractivity contribution in [1.82, 2.24) is 10.3 Å². The van der Waals surface area contributed by atoms with E-state index in [9.17, 15) is 0 Å². The molecule has 0 spiro atoms. The number of nitrogens with one attached hydrogen (secondary N) is 2.